The van der Waals surface area contributed by atoms with Crippen LogP contribution in [0.5, 0.6) is 0 Å². The van der Waals surface area contributed by atoms with Crippen LogP contribution in [-0.2, 0) is 7.05 Å². The van der Waals surface area contributed by atoms with Crippen LogP contribution in [0.4, 0.5) is 0 Å². The number of hydrogen-bond acceptors (Lipinski definition) is 1. The lowest BCUT2D eigenvalue weighted by Crippen LogP contribution is -1.85. The van der Waals surface area contributed by atoms with Gasteiger partial charge in [0.15, 0.2) is 0 Å². The summed E-state index contributed by atoms with van der Waals surface area (Å²) in [6, 6.07) is 20.4. The molecular weight excluding hydrogens is 310 g/mol. The van der Waals surface area contributed by atoms with Crippen LogP contribution >= 0.6 is 11.3 Å². The Morgan fingerprint density at radius 2 is 1.54 bits per heavy atom. The minimum Gasteiger partial charge on any atom is -0.344 e. The monoisotopic (exact) mass is 329 g/mol. The van der Waals surface area contributed by atoms with Crippen molar-refractivity contribution in [1.29, 1.82) is 0 Å². The van der Waals surface area contributed by atoms with Crippen LogP contribution < -0.4 is 0 Å². The second-order valence-corrected chi connectivity index (χ2v) is 8.04. The van der Waals surface area contributed by atoms with Gasteiger partial charge in [-0.15, -0.1) is 11.3 Å². The van der Waals surface area contributed by atoms with Crippen molar-refractivity contribution in [3.63, 3.8) is 0 Å². The Hall–Kier alpha value is -2.32. The summed E-state index contributed by atoms with van der Waals surface area (Å²) in [5.41, 5.74) is 4.04. The van der Waals surface area contributed by atoms with Gasteiger partial charge in [0, 0.05) is 43.5 Å². The Morgan fingerprint density at radius 1 is 0.750 bits per heavy atom. The molecule has 24 heavy (non-hydrogen) atoms. The van der Waals surface area contributed by atoms with Gasteiger partial charge in [-0.05, 0) is 35.7 Å². The van der Waals surface area contributed by atoms with Gasteiger partial charge in [-0.3, -0.25) is 0 Å². The highest BCUT2D eigenvalue weighted by molar-refractivity contribution is 7.25. The summed E-state index contributed by atoms with van der Waals surface area (Å²) in [6.45, 7) is 4.52. The number of fused-ring (bicyclic) bond motifs is 6. The first-order valence-corrected chi connectivity index (χ1v) is 9.28. The van der Waals surface area contributed by atoms with Crippen molar-refractivity contribution in [2.45, 2.75) is 19.8 Å². The van der Waals surface area contributed by atoms with E-state index in [0.717, 1.165) is 0 Å². The largest absolute Gasteiger partial charge is 0.344 e. The highest BCUT2D eigenvalue weighted by atomic mass is 32.1. The molecule has 5 aromatic rings. The van der Waals surface area contributed by atoms with E-state index < -0.39 is 0 Å². The van der Waals surface area contributed by atoms with E-state index in [1.54, 1.807) is 0 Å². The van der Waals surface area contributed by atoms with Crippen molar-refractivity contribution >= 4 is 53.3 Å². The van der Waals surface area contributed by atoms with Crippen molar-refractivity contribution in [2.24, 2.45) is 7.05 Å². The van der Waals surface area contributed by atoms with E-state index in [9.17, 15) is 0 Å². The van der Waals surface area contributed by atoms with Crippen molar-refractivity contribution < 1.29 is 0 Å². The smallest absolute Gasteiger partial charge is 0.0503 e. The van der Waals surface area contributed by atoms with Gasteiger partial charge in [-0.2, -0.15) is 0 Å². The van der Waals surface area contributed by atoms with Gasteiger partial charge in [0.05, 0.1) is 5.52 Å². The van der Waals surface area contributed by atoms with Crippen molar-refractivity contribution in [1.82, 2.24) is 4.57 Å². The number of aromatic nitrogens is 1. The average Bonchev–Trinajstić information content (AvgIpc) is 3.09. The number of nitrogens with zero attached hydrogens (tertiary/aromatic N) is 1. The molecule has 0 bridgehead atoms. The summed E-state index contributed by atoms with van der Waals surface area (Å²) >= 11 is 1.91. The van der Waals surface area contributed by atoms with E-state index in [-0.39, 0.29) is 0 Å². The van der Waals surface area contributed by atoms with E-state index in [2.05, 4.69) is 80.1 Å². The number of para-hydroxylation sites is 1. The summed E-state index contributed by atoms with van der Waals surface area (Å²) < 4.78 is 5.09. The fraction of sp³-hybridized carbons (Fsp3) is 0.182. The summed E-state index contributed by atoms with van der Waals surface area (Å²) in [5, 5.41) is 5.46. The van der Waals surface area contributed by atoms with Gasteiger partial charge in [-0.25, -0.2) is 0 Å². The Balaban J connectivity index is 1.93. The first-order chi connectivity index (χ1) is 11.6. The lowest BCUT2D eigenvalue weighted by atomic mass is 10.0. The Labute approximate surface area is 145 Å². The molecule has 0 radical (unpaired) electrons. The average molecular weight is 329 g/mol. The molecule has 2 aromatic heterocycles. The third-order valence-corrected chi connectivity index (χ3v) is 6.31. The molecule has 5 rings (SSSR count). The molecule has 0 aliphatic rings. The predicted molar refractivity (Wildman–Crippen MR) is 107 cm³/mol. The second kappa shape index (κ2) is 4.84. The SMILES string of the molecule is CC(C)c1ccc2c(c1)sc1cc3c(cc12)c1ccccc1n3C. The molecule has 0 aliphatic heterocycles. The highest BCUT2D eigenvalue weighted by Gasteiger charge is 2.13. The lowest BCUT2D eigenvalue weighted by molar-refractivity contribution is 0.869. The standard InChI is InChI=1S/C22H19NS/c1-13(2)14-8-9-16-18-11-17-15-6-4-5-7-19(15)23(3)20(17)12-22(18)24-21(16)10-14/h4-13H,1-3H3. The zero-order valence-corrected chi connectivity index (χ0v) is 14.9. The van der Waals surface area contributed by atoms with Crippen molar-refractivity contribution in [3.05, 3.63) is 60.2 Å². The number of rotatable bonds is 1. The summed E-state index contributed by atoms with van der Waals surface area (Å²) in [5.74, 6) is 0.572. The maximum absolute atomic E-state index is 2.39. The Kier molecular flexibility index (Phi) is 2.84. The minimum absolute atomic E-state index is 0.572. The number of benzene rings is 3. The van der Waals surface area contributed by atoms with Crippen LogP contribution in [0.1, 0.15) is 25.3 Å². The molecule has 0 fully saturated rings. The molecule has 0 atom stereocenters. The van der Waals surface area contributed by atoms with E-state index in [1.165, 1.54) is 47.5 Å². The molecule has 0 N–H and O–H groups in total. The summed E-state index contributed by atoms with van der Waals surface area (Å²) in [7, 11) is 2.17. The van der Waals surface area contributed by atoms with Gasteiger partial charge in [0.25, 0.3) is 0 Å². The molecule has 0 unspecified atom stereocenters. The summed E-state index contributed by atoms with van der Waals surface area (Å²) in [4.78, 5) is 0. The molecule has 0 amide bonds. The quantitative estimate of drug-likeness (QED) is 0.318. The zero-order chi connectivity index (χ0) is 16.4. The van der Waals surface area contributed by atoms with Crippen LogP contribution in [0, 0.1) is 0 Å². The van der Waals surface area contributed by atoms with Crippen LogP contribution in [0.2, 0.25) is 0 Å². The van der Waals surface area contributed by atoms with E-state index >= 15 is 0 Å². The Bertz CT molecular complexity index is 1240. The maximum atomic E-state index is 2.39. The molecule has 2 heteroatoms. The molecule has 1 nitrogen and oxygen atoms in total. The first kappa shape index (κ1) is 14.1. The lowest BCUT2D eigenvalue weighted by Gasteiger charge is -2.04. The molecular formula is C22H19NS. The van der Waals surface area contributed by atoms with Crippen LogP contribution in [-0.4, -0.2) is 4.57 Å². The van der Waals surface area contributed by atoms with Gasteiger partial charge >= 0.3 is 0 Å². The van der Waals surface area contributed by atoms with Gasteiger partial charge in [0.2, 0.25) is 0 Å². The normalized spacial score (nSPS) is 12.3. The maximum Gasteiger partial charge on any atom is 0.0503 e. The molecule has 0 spiro atoms. The van der Waals surface area contributed by atoms with Gasteiger partial charge in [-0.1, -0.05) is 44.2 Å². The fourth-order valence-electron chi connectivity index (χ4n) is 3.80. The number of aryl methyl sites for hydroxylation is 1. The molecule has 2 heterocycles. The van der Waals surface area contributed by atoms with E-state index in [0.29, 0.717) is 5.92 Å². The van der Waals surface area contributed by atoms with Crippen LogP contribution in [0.15, 0.2) is 54.6 Å². The minimum atomic E-state index is 0.572. The summed E-state index contributed by atoms with van der Waals surface area (Å²) in [6.07, 6.45) is 0. The Morgan fingerprint density at radius 3 is 2.38 bits per heavy atom. The predicted octanol–water partition coefficient (Wildman–Crippen LogP) is 6.82. The first-order valence-electron chi connectivity index (χ1n) is 8.47. The van der Waals surface area contributed by atoms with Gasteiger partial charge < -0.3 is 4.57 Å². The van der Waals surface area contributed by atoms with E-state index in [4.69, 9.17) is 0 Å². The molecule has 3 aromatic carbocycles. The second-order valence-electron chi connectivity index (χ2n) is 6.95. The third kappa shape index (κ3) is 1.81. The number of hydrogen-bond donors (Lipinski definition) is 0. The van der Waals surface area contributed by atoms with Crippen molar-refractivity contribution in [3.8, 4) is 0 Å². The van der Waals surface area contributed by atoms with Crippen LogP contribution in [0.25, 0.3) is 42.0 Å². The number of thiophene rings is 1. The third-order valence-electron chi connectivity index (χ3n) is 5.20. The van der Waals surface area contributed by atoms with Crippen molar-refractivity contribution in [2.75, 3.05) is 0 Å². The fourth-order valence-corrected chi connectivity index (χ4v) is 4.97. The molecule has 118 valence electrons. The molecule has 0 aliphatic carbocycles. The molecule has 0 saturated carbocycles. The zero-order valence-electron chi connectivity index (χ0n) is 14.1. The molecule has 0 saturated heterocycles. The van der Waals surface area contributed by atoms with E-state index in [1.807, 2.05) is 11.3 Å². The highest BCUT2D eigenvalue weighted by Crippen LogP contribution is 2.39. The van der Waals surface area contributed by atoms with Crippen LogP contribution in [0.3, 0.4) is 0 Å². The van der Waals surface area contributed by atoms with Gasteiger partial charge in [0.1, 0.15) is 0 Å². The topological polar surface area (TPSA) is 4.93 Å².